The average Bonchev–Trinajstić information content (AvgIpc) is 3.12. The second-order valence-electron chi connectivity index (χ2n) is 5.91. The maximum atomic E-state index is 13.2. The SMILES string of the molecule is NC(=NCC1CCC1)N[C@@H]1C[C@H]1c1cc(F)c(F)c(F)c1. The minimum atomic E-state index is -1.43. The van der Waals surface area contributed by atoms with Gasteiger partial charge in [-0.2, -0.15) is 0 Å². The summed E-state index contributed by atoms with van der Waals surface area (Å²) in [6, 6.07) is 2.11. The van der Waals surface area contributed by atoms with Crippen LogP contribution in [0.4, 0.5) is 13.2 Å². The molecule has 114 valence electrons. The highest BCUT2D eigenvalue weighted by atomic mass is 19.2. The Bertz CT molecular complexity index is 546. The summed E-state index contributed by atoms with van der Waals surface area (Å²) < 4.78 is 39.3. The van der Waals surface area contributed by atoms with Gasteiger partial charge in [-0.15, -0.1) is 0 Å². The third-order valence-electron chi connectivity index (χ3n) is 4.30. The Hall–Kier alpha value is -1.72. The highest BCUT2D eigenvalue weighted by Crippen LogP contribution is 2.41. The lowest BCUT2D eigenvalue weighted by Crippen LogP contribution is -2.35. The van der Waals surface area contributed by atoms with E-state index in [0.29, 0.717) is 23.9 Å². The summed E-state index contributed by atoms with van der Waals surface area (Å²) in [5.41, 5.74) is 6.25. The molecule has 0 aliphatic heterocycles. The number of nitrogens with one attached hydrogen (secondary N) is 1. The molecule has 0 bridgehead atoms. The van der Waals surface area contributed by atoms with Gasteiger partial charge in [0.05, 0.1) is 0 Å². The van der Waals surface area contributed by atoms with Crippen molar-refractivity contribution in [3.05, 3.63) is 35.1 Å². The van der Waals surface area contributed by atoms with Gasteiger partial charge in [-0.05, 0) is 42.9 Å². The summed E-state index contributed by atoms with van der Waals surface area (Å²) in [5, 5.41) is 3.05. The minimum Gasteiger partial charge on any atom is -0.370 e. The molecule has 2 atom stereocenters. The van der Waals surface area contributed by atoms with E-state index in [1.807, 2.05) is 0 Å². The molecule has 0 aromatic heterocycles. The van der Waals surface area contributed by atoms with Gasteiger partial charge in [0.1, 0.15) is 0 Å². The number of guanidine groups is 1. The van der Waals surface area contributed by atoms with Gasteiger partial charge in [-0.1, -0.05) is 6.42 Å². The van der Waals surface area contributed by atoms with Crippen molar-refractivity contribution in [3.63, 3.8) is 0 Å². The van der Waals surface area contributed by atoms with Crippen LogP contribution in [0.1, 0.15) is 37.2 Å². The topological polar surface area (TPSA) is 50.4 Å². The van der Waals surface area contributed by atoms with Crippen LogP contribution in [0.3, 0.4) is 0 Å². The van der Waals surface area contributed by atoms with Crippen LogP contribution in [-0.4, -0.2) is 18.5 Å². The number of aliphatic imine (C=N–C) groups is 1. The number of nitrogens with two attached hydrogens (primary N) is 1. The average molecular weight is 297 g/mol. The lowest BCUT2D eigenvalue weighted by atomic mass is 9.86. The molecule has 2 aliphatic carbocycles. The lowest BCUT2D eigenvalue weighted by molar-refractivity contribution is 0.326. The van der Waals surface area contributed by atoms with Crippen LogP contribution in [-0.2, 0) is 0 Å². The molecule has 3 N–H and O–H groups in total. The molecule has 0 heterocycles. The van der Waals surface area contributed by atoms with E-state index < -0.39 is 17.5 Å². The van der Waals surface area contributed by atoms with Gasteiger partial charge < -0.3 is 11.1 Å². The van der Waals surface area contributed by atoms with Crippen LogP contribution >= 0.6 is 0 Å². The van der Waals surface area contributed by atoms with Crippen molar-refractivity contribution < 1.29 is 13.2 Å². The predicted octanol–water partition coefficient (Wildman–Crippen LogP) is 2.66. The van der Waals surface area contributed by atoms with E-state index in [1.54, 1.807) is 0 Å². The smallest absolute Gasteiger partial charge is 0.194 e. The Morgan fingerprint density at radius 1 is 1.24 bits per heavy atom. The molecule has 1 aromatic rings. The molecule has 21 heavy (non-hydrogen) atoms. The molecule has 6 heteroatoms. The summed E-state index contributed by atoms with van der Waals surface area (Å²) in [4.78, 5) is 4.28. The van der Waals surface area contributed by atoms with Gasteiger partial charge in [0.25, 0.3) is 0 Å². The predicted molar refractivity (Wildman–Crippen MR) is 74.4 cm³/mol. The standard InChI is InChI=1S/C15H18F3N3/c16-11-4-9(5-12(17)14(11)18)10-6-13(10)21-15(19)20-7-8-2-1-3-8/h4-5,8,10,13H,1-3,6-7H2,(H3,19,20,21)/t10-,13+/m0/s1. The third-order valence-corrected chi connectivity index (χ3v) is 4.30. The van der Waals surface area contributed by atoms with Crippen molar-refractivity contribution >= 4 is 5.96 Å². The van der Waals surface area contributed by atoms with Crippen LogP contribution in [0.15, 0.2) is 17.1 Å². The Morgan fingerprint density at radius 2 is 1.90 bits per heavy atom. The van der Waals surface area contributed by atoms with Gasteiger partial charge in [0.2, 0.25) is 0 Å². The molecule has 2 saturated carbocycles. The zero-order valence-corrected chi connectivity index (χ0v) is 11.6. The number of nitrogens with zero attached hydrogens (tertiary/aromatic N) is 1. The van der Waals surface area contributed by atoms with Crippen LogP contribution in [0.5, 0.6) is 0 Å². The normalized spacial score (nSPS) is 25.6. The van der Waals surface area contributed by atoms with E-state index in [4.69, 9.17) is 5.73 Å². The van der Waals surface area contributed by atoms with Gasteiger partial charge in [-0.25, -0.2) is 13.2 Å². The monoisotopic (exact) mass is 297 g/mol. The van der Waals surface area contributed by atoms with E-state index in [0.717, 1.165) is 18.7 Å². The lowest BCUT2D eigenvalue weighted by Gasteiger charge is -2.23. The van der Waals surface area contributed by atoms with Crippen molar-refractivity contribution in [1.29, 1.82) is 0 Å². The molecule has 0 amide bonds. The van der Waals surface area contributed by atoms with Crippen molar-refractivity contribution in [2.45, 2.75) is 37.6 Å². The number of benzene rings is 1. The third kappa shape index (κ3) is 3.14. The first-order valence-electron chi connectivity index (χ1n) is 7.25. The Morgan fingerprint density at radius 3 is 2.48 bits per heavy atom. The van der Waals surface area contributed by atoms with Crippen molar-refractivity contribution in [2.75, 3.05) is 6.54 Å². The van der Waals surface area contributed by atoms with Crippen LogP contribution < -0.4 is 11.1 Å². The highest BCUT2D eigenvalue weighted by Gasteiger charge is 2.39. The van der Waals surface area contributed by atoms with Crippen LogP contribution in [0.25, 0.3) is 0 Å². The first-order chi connectivity index (χ1) is 10.0. The molecule has 3 nitrogen and oxygen atoms in total. The van der Waals surface area contributed by atoms with E-state index in [9.17, 15) is 13.2 Å². The molecule has 3 rings (SSSR count). The number of hydrogen-bond donors (Lipinski definition) is 2. The van der Waals surface area contributed by atoms with Gasteiger partial charge >= 0.3 is 0 Å². The molecule has 2 fully saturated rings. The van der Waals surface area contributed by atoms with E-state index in [1.165, 1.54) is 19.3 Å². The Balaban J connectivity index is 1.56. The van der Waals surface area contributed by atoms with E-state index >= 15 is 0 Å². The highest BCUT2D eigenvalue weighted by molar-refractivity contribution is 5.78. The van der Waals surface area contributed by atoms with Crippen molar-refractivity contribution in [2.24, 2.45) is 16.6 Å². The Kier molecular flexibility index (Phi) is 3.78. The Labute approximate surface area is 121 Å². The van der Waals surface area contributed by atoms with E-state index in [-0.39, 0.29) is 12.0 Å². The van der Waals surface area contributed by atoms with Crippen molar-refractivity contribution in [3.8, 4) is 0 Å². The summed E-state index contributed by atoms with van der Waals surface area (Å²) in [6.07, 6.45) is 4.39. The summed E-state index contributed by atoms with van der Waals surface area (Å²) >= 11 is 0. The maximum absolute atomic E-state index is 13.2. The molecule has 0 radical (unpaired) electrons. The molecular formula is C15H18F3N3. The fraction of sp³-hybridized carbons (Fsp3) is 0.533. The van der Waals surface area contributed by atoms with Gasteiger partial charge in [0, 0.05) is 18.5 Å². The van der Waals surface area contributed by atoms with E-state index in [2.05, 4.69) is 10.3 Å². The largest absolute Gasteiger partial charge is 0.370 e. The molecule has 0 saturated heterocycles. The summed E-state index contributed by atoms with van der Waals surface area (Å²) in [5.74, 6) is -2.76. The minimum absolute atomic E-state index is 0.0133. The number of rotatable bonds is 4. The quantitative estimate of drug-likeness (QED) is 0.510. The zero-order chi connectivity index (χ0) is 15.0. The molecule has 0 unspecified atom stereocenters. The second-order valence-corrected chi connectivity index (χ2v) is 5.91. The molecule has 1 aromatic carbocycles. The van der Waals surface area contributed by atoms with Crippen LogP contribution in [0, 0.1) is 23.4 Å². The fourth-order valence-electron chi connectivity index (χ4n) is 2.65. The second kappa shape index (κ2) is 5.58. The first kappa shape index (κ1) is 14.2. The summed E-state index contributed by atoms with van der Waals surface area (Å²) in [7, 11) is 0. The number of halogens is 3. The van der Waals surface area contributed by atoms with Crippen molar-refractivity contribution in [1.82, 2.24) is 5.32 Å². The van der Waals surface area contributed by atoms with Gasteiger partial charge in [-0.3, -0.25) is 4.99 Å². The molecule has 2 aliphatic rings. The molecular weight excluding hydrogens is 279 g/mol. The van der Waals surface area contributed by atoms with Crippen LogP contribution in [0.2, 0.25) is 0 Å². The zero-order valence-electron chi connectivity index (χ0n) is 11.6. The maximum Gasteiger partial charge on any atom is 0.194 e. The number of hydrogen-bond acceptors (Lipinski definition) is 1. The molecule has 0 spiro atoms. The van der Waals surface area contributed by atoms with Gasteiger partial charge in [0.15, 0.2) is 23.4 Å². The fourth-order valence-corrected chi connectivity index (χ4v) is 2.65. The summed E-state index contributed by atoms with van der Waals surface area (Å²) in [6.45, 7) is 0.732. The first-order valence-corrected chi connectivity index (χ1v) is 7.25.